The summed E-state index contributed by atoms with van der Waals surface area (Å²) in [6.45, 7) is 2.06. The van der Waals surface area contributed by atoms with E-state index in [1.165, 1.54) is 11.1 Å². The van der Waals surface area contributed by atoms with Gasteiger partial charge in [0.05, 0.1) is 7.11 Å². The number of hydrogen-bond donors (Lipinski definition) is 0. The van der Waals surface area contributed by atoms with E-state index in [1.54, 1.807) is 13.2 Å². The third-order valence-electron chi connectivity index (χ3n) is 3.15. The van der Waals surface area contributed by atoms with Gasteiger partial charge in [0, 0.05) is 12.0 Å². The molecule has 0 atom stereocenters. The molecule has 0 bridgehead atoms. The standard InChI is InChI=1S/C17H18O2/c1-13-6-8-14(9-7-13)10-11-17(18)15-4-3-5-16(12-15)19-2/h3-9,12H,10-11H2,1-2H3. The number of rotatable bonds is 5. The van der Waals surface area contributed by atoms with Gasteiger partial charge < -0.3 is 4.74 Å². The Morgan fingerprint density at radius 1 is 1.11 bits per heavy atom. The summed E-state index contributed by atoms with van der Waals surface area (Å²) in [6.07, 6.45) is 1.30. The second-order valence-corrected chi connectivity index (χ2v) is 4.64. The molecule has 2 heteroatoms. The Morgan fingerprint density at radius 3 is 2.53 bits per heavy atom. The highest BCUT2D eigenvalue weighted by Crippen LogP contribution is 2.15. The maximum Gasteiger partial charge on any atom is 0.163 e. The Balaban J connectivity index is 1.99. The predicted octanol–water partition coefficient (Wildman–Crippen LogP) is 3.82. The smallest absolute Gasteiger partial charge is 0.163 e. The number of Topliss-reactive ketones (excluding diaryl/α,β-unsaturated/α-hetero) is 1. The second kappa shape index (κ2) is 6.19. The predicted molar refractivity (Wildman–Crippen MR) is 76.8 cm³/mol. The third kappa shape index (κ3) is 3.68. The van der Waals surface area contributed by atoms with Gasteiger partial charge in [0.1, 0.15) is 5.75 Å². The van der Waals surface area contributed by atoms with Gasteiger partial charge in [0.25, 0.3) is 0 Å². The number of methoxy groups -OCH3 is 1. The van der Waals surface area contributed by atoms with E-state index in [2.05, 4.69) is 31.2 Å². The van der Waals surface area contributed by atoms with Crippen LogP contribution in [-0.2, 0) is 6.42 Å². The first-order valence-electron chi connectivity index (χ1n) is 6.42. The van der Waals surface area contributed by atoms with Gasteiger partial charge in [-0.25, -0.2) is 0 Å². The molecular weight excluding hydrogens is 236 g/mol. The van der Waals surface area contributed by atoms with Crippen molar-refractivity contribution >= 4 is 5.78 Å². The van der Waals surface area contributed by atoms with E-state index in [9.17, 15) is 4.79 Å². The van der Waals surface area contributed by atoms with E-state index in [1.807, 2.05) is 18.2 Å². The molecule has 0 heterocycles. The van der Waals surface area contributed by atoms with Crippen molar-refractivity contribution in [1.29, 1.82) is 0 Å². The third-order valence-corrected chi connectivity index (χ3v) is 3.15. The molecule has 2 aromatic carbocycles. The average Bonchev–Trinajstić information content (AvgIpc) is 2.46. The number of carbonyl (C=O) groups excluding carboxylic acids is 1. The van der Waals surface area contributed by atoms with Gasteiger partial charge in [0.15, 0.2) is 5.78 Å². The fourth-order valence-electron chi connectivity index (χ4n) is 1.95. The van der Waals surface area contributed by atoms with Crippen molar-refractivity contribution in [3.05, 3.63) is 65.2 Å². The Morgan fingerprint density at radius 2 is 1.84 bits per heavy atom. The van der Waals surface area contributed by atoms with Gasteiger partial charge >= 0.3 is 0 Å². The molecule has 0 N–H and O–H groups in total. The van der Waals surface area contributed by atoms with E-state index in [4.69, 9.17) is 4.74 Å². The summed E-state index contributed by atoms with van der Waals surface area (Å²) >= 11 is 0. The molecular formula is C17H18O2. The topological polar surface area (TPSA) is 26.3 Å². The minimum absolute atomic E-state index is 0.152. The van der Waals surface area contributed by atoms with Crippen molar-refractivity contribution in [1.82, 2.24) is 0 Å². The molecule has 0 fully saturated rings. The molecule has 2 aromatic rings. The SMILES string of the molecule is COc1cccc(C(=O)CCc2ccc(C)cc2)c1. The molecule has 0 radical (unpaired) electrons. The van der Waals surface area contributed by atoms with Gasteiger partial charge in [0.2, 0.25) is 0 Å². The lowest BCUT2D eigenvalue weighted by Gasteiger charge is -2.04. The number of benzene rings is 2. The van der Waals surface area contributed by atoms with Crippen molar-refractivity contribution in [2.24, 2.45) is 0 Å². The van der Waals surface area contributed by atoms with Crippen LogP contribution >= 0.6 is 0 Å². The number of ketones is 1. The summed E-state index contributed by atoms with van der Waals surface area (Å²) in [4.78, 5) is 12.1. The quantitative estimate of drug-likeness (QED) is 0.758. The number of ether oxygens (including phenoxy) is 1. The zero-order valence-electron chi connectivity index (χ0n) is 11.3. The minimum atomic E-state index is 0.152. The number of aryl methyl sites for hydroxylation is 2. The van der Waals surface area contributed by atoms with Crippen molar-refractivity contribution < 1.29 is 9.53 Å². The highest BCUT2D eigenvalue weighted by atomic mass is 16.5. The monoisotopic (exact) mass is 254 g/mol. The normalized spacial score (nSPS) is 10.2. The zero-order chi connectivity index (χ0) is 13.7. The van der Waals surface area contributed by atoms with Crippen molar-refractivity contribution in [2.45, 2.75) is 19.8 Å². The molecule has 2 nitrogen and oxygen atoms in total. The summed E-state index contributed by atoms with van der Waals surface area (Å²) in [5.41, 5.74) is 3.15. The van der Waals surface area contributed by atoms with Gasteiger partial charge in [-0.1, -0.05) is 42.0 Å². The van der Waals surface area contributed by atoms with Gasteiger partial charge in [-0.3, -0.25) is 4.79 Å². The summed E-state index contributed by atoms with van der Waals surface area (Å²) in [5, 5.41) is 0. The number of hydrogen-bond acceptors (Lipinski definition) is 2. The lowest BCUT2D eigenvalue weighted by Crippen LogP contribution is -2.01. The molecule has 0 aromatic heterocycles. The molecule has 0 aliphatic carbocycles. The zero-order valence-corrected chi connectivity index (χ0v) is 11.3. The molecule has 0 spiro atoms. The number of carbonyl (C=O) groups is 1. The van der Waals surface area contributed by atoms with Crippen LogP contribution < -0.4 is 4.74 Å². The fraction of sp³-hybridized carbons (Fsp3) is 0.235. The lowest BCUT2D eigenvalue weighted by atomic mass is 10.0. The van der Waals surface area contributed by atoms with E-state index < -0.39 is 0 Å². The Kier molecular flexibility index (Phi) is 4.35. The largest absolute Gasteiger partial charge is 0.497 e. The van der Waals surface area contributed by atoms with E-state index >= 15 is 0 Å². The molecule has 0 aliphatic heterocycles. The van der Waals surface area contributed by atoms with Gasteiger partial charge in [-0.2, -0.15) is 0 Å². The maximum absolute atomic E-state index is 12.1. The fourth-order valence-corrected chi connectivity index (χ4v) is 1.95. The summed E-state index contributed by atoms with van der Waals surface area (Å²) in [6, 6.07) is 15.6. The molecule has 2 rings (SSSR count). The maximum atomic E-state index is 12.1. The summed E-state index contributed by atoms with van der Waals surface area (Å²) < 4.78 is 5.13. The van der Waals surface area contributed by atoms with Crippen molar-refractivity contribution in [3.8, 4) is 5.75 Å². The van der Waals surface area contributed by atoms with Crippen LogP contribution in [0, 0.1) is 6.92 Å². The first kappa shape index (κ1) is 13.3. The first-order valence-corrected chi connectivity index (χ1v) is 6.42. The molecule has 98 valence electrons. The highest BCUT2D eigenvalue weighted by molar-refractivity contribution is 5.96. The van der Waals surface area contributed by atoms with E-state index in [0.29, 0.717) is 12.0 Å². The second-order valence-electron chi connectivity index (χ2n) is 4.64. The van der Waals surface area contributed by atoms with Crippen LogP contribution in [0.25, 0.3) is 0 Å². The Labute approximate surface area is 114 Å². The van der Waals surface area contributed by atoms with E-state index in [0.717, 1.165) is 12.2 Å². The van der Waals surface area contributed by atoms with E-state index in [-0.39, 0.29) is 5.78 Å². The molecule has 0 saturated heterocycles. The summed E-state index contributed by atoms with van der Waals surface area (Å²) in [7, 11) is 1.61. The lowest BCUT2D eigenvalue weighted by molar-refractivity contribution is 0.0982. The van der Waals surface area contributed by atoms with Crippen LogP contribution in [-0.4, -0.2) is 12.9 Å². The molecule has 0 amide bonds. The van der Waals surface area contributed by atoms with Gasteiger partial charge in [-0.05, 0) is 31.0 Å². The molecule has 0 unspecified atom stereocenters. The van der Waals surface area contributed by atoms with Crippen LogP contribution in [0.4, 0.5) is 0 Å². The van der Waals surface area contributed by atoms with Crippen LogP contribution in [0.1, 0.15) is 27.9 Å². The molecule has 0 aliphatic rings. The van der Waals surface area contributed by atoms with Crippen LogP contribution in [0.2, 0.25) is 0 Å². The van der Waals surface area contributed by atoms with Crippen LogP contribution in [0.3, 0.4) is 0 Å². The Hall–Kier alpha value is -2.09. The first-order chi connectivity index (χ1) is 9.19. The van der Waals surface area contributed by atoms with Gasteiger partial charge in [-0.15, -0.1) is 0 Å². The average molecular weight is 254 g/mol. The summed E-state index contributed by atoms with van der Waals surface area (Å²) in [5.74, 6) is 0.876. The van der Waals surface area contributed by atoms with Crippen LogP contribution in [0.5, 0.6) is 5.75 Å². The molecule has 0 saturated carbocycles. The Bertz CT molecular complexity index is 556. The highest BCUT2D eigenvalue weighted by Gasteiger charge is 2.07. The van der Waals surface area contributed by atoms with Crippen molar-refractivity contribution in [2.75, 3.05) is 7.11 Å². The molecule has 19 heavy (non-hydrogen) atoms. The van der Waals surface area contributed by atoms with Crippen molar-refractivity contribution in [3.63, 3.8) is 0 Å². The van der Waals surface area contributed by atoms with Crippen LogP contribution in [0.15, 0.2) is 48.5 Å². The minimum Gasteiger partial charge on any atom is -0.497 e.